The molecule has 1 saturated heterocycles. The molecule has 1 aliphatic heterocycles. The molecule has 0 N–H and O–H groups in total. The van der Waals surface area contributed by atoms with E-state index in [1.807, 2.05) is 0 Å². The minimum Gasteiger partial charge on any atom is -0.378 e. The van der Waals surface area contributed by atoms with Crippen molar-refractivity contribution in [1.82, 2.24) is 0 Å². The summed E-state index contributed by atoms with van der Waals surface area (Å²) in [6, 6.07) is 0. The van der Waals surface area contributed by atoms with Gasteiger partial charge in [-0.3, -0.25) is 4.79 Å². The van der Waals surface area contributed by atoms with Gasteiger partial charge >= 0.3 is 5.38 Å². The largest absolute Gasteiger partial charge is 0.380 e. The van der Waals surface area contributed by atoms with Crippen LogP contribution in [0.25, 0.3) is 0 Å². The Morgan fingerprint density at radius 1 is 1.62 bits per heavy atom. The average Bonchev–Trinajstić information content (AvgIpc) is 2.50. The summed E-state index contributed by atoms with van der Waals surface area (Å²) in [4.78, 5) is 10.7. The summed E-state index contributed by atoms with van der Waals surface area (Å²) >= 11 is 4.55. The molecule has 0 saturated carbocycles. The van der Waals surface area contributed by atoms with Crippen LogP contribution in [0.2, 0.25) is 0 Å². The third-order valence-electron chi connectivity index (χ3n) is 2.03. The smallest absolute Gasteiger partial charge is 0.378 e. The summed E-state index contributed by atoms with van der Waals surface area (Å²) in [6.45, 7) is 0.663. The maximum absolute atomic E-state index is 12.2. The molecule has 0 aromatic rings. The van der Waals surface area contributed by atoms with Gasteiger partial charge in [-0.15, -0.1) is 0 Å². The third kappa shape index (κ3) is 3.56. The summed E-state index contributed by atoms with van der Waals surface area (Å²) in [7, 11) is 0. The zero-order valence-corrected chi connectivity index (χ0v) is 7.82. The van der Waals surface area contributed by atoms with Crippen molar-refractivity contribution >= 4 is 17.4 Å². The van der Waals surface area contributed by atoms with Crippen molar-refractivity contribution in [3.8, 4) is 0 Å². The fraction of sp³-hybridized carbons (Fsp3) is 0.875. The summed E-state index contributed by atoms with van der Waals surface area (Å²) in [5.41, 5.74) is 0. The predicted molar refractivity (Wildman–Crippen MR) is 44.0 cm³/mol. The summed E-state index contributed by atoms with van der Waals surface area (Å²) in [6.07, 6.45) is 1.89. The van der Waals surface area contributed by atoms with E-state index in [2.05, 4.69) is 11.6 Å². The molecule has 0 radical (unpaired) electrons. The van der Waals surface area contributed by atoms with E-state index in [4.69, 9.17) is 4.74 Å². The number of alkyl halides is 3. The second-order valence-corrected chi connectivity index (χ2v) is 3.57. The number of ketones is 1. The fourth-order valence-corrected chi connectivity index (χ4v) is 1.40. The molecule has 1 heterocycles. The van der Waals surface area contributed by atoms with E-state index in [1.54, 1.807) is 0 Å². The molecule has 0 spiro atoms. The van der Waals surface area contributed by atoms with E-state index in [1.165, 1.54) is 0 Å². The fourth-order valence-electron chi connectivity index (χ4n) is 1.31. The van der Waals surface area contributed by atoms with Gasteiger partial charge in [-0.1, -0.05) is 0 Å². The van der Waals surface area contributed by atoms with Crippen LogP contribution in [0, 0.1) is 0 Å². The number of rotatable bonds is 4. The summed E-state index contributed by atoms with van der Waals surface area (Å²) in [5, 5.41) is -3.71. The molecule has 13 heavy (non-hydrogen) atoms. The minimum absolute atomic E-state index is 0.0389. The van der Waals surface area contributed by atoms with Gasteiger partial charge in [-0.05, 0) is 30.9 Å². The Morgan fingerprint density at radius 3 is 2.77 bits per heavy atom. The number of carbonyl (C=O) groups excluding carboxylic acids is 1. The molecule has 0 bridgehead atoms. The molecule has 1 aliphatic rings. The van der Waals surface area contributed by atoms with Crippen LogP contribution in [-0.4, -0.2) is 23.9 Å². The number of carbonyl (C=O) groups is 1. The number of Topliss-reactive ketones (excluding diaryl/α,β-unsaturated/α-hetero) is 1. The molecule has 0 aromatic carbocycles. The molecule has 76 valence electrons. The maximum Gasteiger partial charge on any atom is 0.380 e. The Bertz CT molecular complexity index is 185. The van der Waals surface area contributed by atoms with Crippen molar-refractivity contribution in [3.05, 3.63) is 0 Å². The van der Waals surface area contributed by atoms with Gasteiger partial charge in [-0.25, -0.2) is 0 Å². The molecule has 1 rings (SSSR count). The van der Waals surface area contributed by atoms with E-state index < -0.39 is 11.2 Å². The van der Waals surface area contributed by atoms with Crippen molar-refractivity contribution in [1.29, 1.82) is 0 Å². The van der Waals surface area contributed by atoms with Crippen molar-refractivity contribution in [2.75, 3.05) is 6.61 Å². The number of hydrogen-bond acceptors (Lipinski definition) is 2. The highest BCUT2D eigenvalue weighted by Crippen LogP contribution is 2.24. The Hall–Kier alpha value is -0.220. The van der Waals surface area contributed by atoms with Crippen LogP contribution < -0.4 is 0 Å². The molecule has 5 heteroatoms. The topological polar surface area (TPSA) is 26.3 Å². The quantitative estimate of drug-likeness (QED) is 0.669. The van der Waals surface area contributed by atoms with Crippen LogP contribution >= 0.6 is 11.6 Å². The molecule has 2 nitrogen and oxygen atoms in total. The Labute approximate surface area is 80.2 Å². The van der Waals surface area contributed by atoms with Crippen molar-refractivity contribution < 1.29 is 18.3 Å². The first-order valence-corrected chi connectivity index (χ1v) is 4.59. The first-order valence-electron chi connectivity index (χ1n) is 4.22. The van der Waals surface area contributed by atoms with Crippen molar-refractivity contribution in [3.63, 3.8) is 0 Å². The third-order valence-corrected chi connectivity index (χ3v) is 2.24. The van der Waals surface area contributed by atoms with Gasteiger partial charge in [0.1, 0.15) is 0 Å². The van der Waals surface area contributed by atoms with Crippen LogP contribution in [0.5, 0.6) is 0 Å². The van der Waals surface area contributed by atoms with E-state index in [9.17, 15) is 13.6 Å². The first-order chi connectivity index (χ1) is 6.00. The van der Waals surface area contributed by atoms with Gasteiger partial charge in [0.15, 0.2) is 0 Å². The van der Waals surface area contributed by atoms with Crippen molar-refractivity contribution in [2.24, 2.45) is 0 Å². The standard InChI is InChI=1S/C8H11ClF2O2/c9-8(10,11)7(12)4-3-6-2-1-5-13-6/h6H,1-5H2. The molecular formula is C8H11ClF2O2. The Morgan fingerprint density at radius 2 is 2.31 bits per heavy atom. The van der Waals surface area contributed by atoms with Crippen LogP contribution in [0.4, 0.5) is 8.78 Å². The van der Waals surface area contributed by atoms with Gasteiger partial charge in [-0.2, -0.15) is 8.78 Å². The van der Waals surface area contributed by atoms with Gasteiger partial charge in [0, 0.05) is 13.0 Å². The summed E-state index contributed by atoms with van der Waals surface area (Å²) in [5.74, 6) is -1.22. The van der Waals surface area contributed by atoms with Gasteiger partial charge < -0.3 is 4.74 Å². The number of ether oxygens (including phenoxy) is 1. The number of halogens is 3. The molecule has 1 unspecified atom stereocenters. The van der Waals surface area contributed by atoms with Crippen LogP contribution in [0.15, 0.2) is 0 Å². The normalized spacial score (nSPS) is 23.5. The molecule has 1 fully saturated rings. The van der Waals surface area contributed by atoms with Gasteiger partial charge in [0.2, 0.25) is 5.78 Å². The van der Waals surface area contributed by atoms with Crippen LogP contribution in [0.3, 0.4) is 0 Å². The second-order valence-electron chi connectivity index (χ2n) is 3.09. The van der Waals surface area contributed by atoms with E-state index >= 15 is 0 Å². The van der Waals surface area contributed by atoms with Gasteiger partial charge in [0.25, 0.3) is 0 Å². The molecule has 1 atom stereocenters. The van der Waals surface area contributed by atoms with E-state index in [0.717, 1.165) is 12.8 Å². The second kappa shape index (κ2) is 4.33. The lowest BCUT2D eigenvalue weighted by molar-refractivity contribution is -0.134. The maximum atomic E-state index is 12.2. The lowest BCUT2D eigenvalue weighted by atomic mass is 10.1. The monoisotopic (exact) mass is 212 g/mol. The van der Waals surface area contributed by atoms with Gasteiger partial charge in [0.05, 0.1) is 6.10 Å². The molecular weight excluding hydrogens is 202 g/mol. The first kappa shape index (κ1) is 10.9. The lowest BCUT2D eigenvalue weighted by Crippen LogP contribution is -2.22. The van der Waals surface area contributed by atoms with Crippen LogP contribution in [-0.2, 0) is 9.53 Å². The average molecular weight is 213 g/mol. The van der Waals surface area contributed by atoms with E-state index in [0.29, 0.717) is 13.0 Å². The highest BCUT2D eigenvalue weighted by atomic mass is 35.5. The van der Waals surface area contributed by atoms with Crippen LogP contribution in [0.1, 0.15) is 25.7 Å². The highest BCUT2D eigenvalue weighted by molar-refractivity contribution is 6.32. The van der Waals surface area contributed by atoms with E-state index in [-0.39, 0.29) is 12.5 Å². The number of hydrogen-bond donors (Lipinski definition) is 0. The summed E-state index contributed by atoms with van der Waals surface area (Å²) < 4.78 is 29.5. The predicted octanol–water partition coefficient (Wildman–Crippen LogP) is 2.35. The zero-order valence-electron chi connectivity index (χ0n) is 7.06. The highest BCUT2D eigenvalue weighted by Gasteiger charge is 2.35. The Balaban J connectivity index is 2.22. The lowest BCUT2D eigenvalue weighted by Gasteiger charge is -2.10. The Kier molecular flexibility index (Phi) is 3.62. The zero-order chi connectivity index (χ0) is 9.90. The molecule has 0 aliphatic carbocycles. The molecule has 0 amide bonds. The van der Waals surface area contributed by atoms with Crippen molar-refractivity contribution in [2.45, 2.75) is 37.2 Å². The molecule has 0 aromatic heterocycles. The SMILES string of the molecule is O=C(CCC1CCCO1)C(F)(F)Cl. The minimum atomic E-state index is -3.71.